The molecule has 0 saturated carbocycles. The van der Waals surface area contributed by atoms with Gasteiger partial charge in [-0.2, -0.15) is 5.10 Å². The topological polar surface area (TPSA) is 127 Å². The molecule has 11 heteroatoms. The van der Waals surface area contributed by atoms with Crippen molar-refractivity contribution in [3.63, 3.8) is 0 Å². The number of carboxylic acid groups (broad SMARTS) is 1. The van der Waals surface area contributed by atoms with Crippen LogP contribution < -0.4 is 9.47 Å². The third-order valence-corrected chi connectivity index (χ3v) is 6.91. The van der Waals surface area contributed by atoms with Gasteiger partial charge in [-0.1, -0.05) is 13.8 Å². The molecule has 4 rings (SSSR count). The second-order valence-corrected chi connectivity index (χ2v) is 9.43. The quantitative estimate of drug-likeness (QED) is 0.385. The number of carboxylic acids is 1. The van der Waals surface area contributed by atoms with E-state index in [1.807, 2.05) is 31.0 Å². The van der Waals surface area contributed by atoms with E-state index >= 15 is 0 Å². The summed E-state index contributed by atoms with van der Waals surface area (Å²) < 4.78 is 12.8. The Balaban J connectivity index is 1.63. The van der Waals surface area contributed by atoms with Gasteiger partial charge < -0.3 is 19.7 Å². The summed E-state index contributed by atoms with van der Waals surface area (Å²) in [5.74, 6) is -1.32. The van der Waals surface area contributed by atoms with Crippen molar-refractivity contribution in [1.29, 1.82) is 0 Å². The van der Waals surface area contributed by atoms with Crippen LogP contribution in [0.5, 0.6) is 11.5 Å². The summed E-state index contributed by atoms with van der Waals surface area (Å²) in [6.45, 7) is 5.60. The van der Waals surface area contributed by atoms with E-state index in [9.17, 15) is 19.8 Å². The molecule has 2 aromatic rings. The Bertz CT molecular complexity index is 1060. The lowest BCUT2D eigenvalue weighted by atomic mass is 9.83. The highest BCUT2D eigenvalue weighted by atomic mass is 16.7. The fraction of sp³-hybridized carbons (Fsp3) is 0.577. The molecule has 11 nitrogen and oxygen atoms in total. The Morgan fingerprint density at radius 2 is 2.08 bits per heavy atom. The lowest BCUT2D eigenvalue weighted by Crippen LogP contribution is -2.44. The van der Waals surface area contributed by atoms with Gasteiger partial charge in [0.25, 0.3) is 5.91 Å². The van der Waals surface area contributed by atoms with Crippen molar-refractivity contribution in [1.82, 2.24) is 19.7 Å². The van der Waals surface area contributed by atoms with E-state index < -0.39 is 23.8 Å². The van der Waals surface area contributed by atoms with Gasteiger partial charge in [-0.15, -0.1) is 0 Å². The molecule has 0 spiro atoms. The molecule has 202 valence electrons. The maximum Gasteiger partial charge on any atom is 0.308 e. The van der Waals surface area contributed by atoms with Crippen molar-refractivity contribution in [3.05, 3.63) is 41.7 Å². The predicted octanol–water partition coefficient (Wildman–Crippen LogP) is 2.24. The van der Waals surface area contributed by atoms with Crippen molar-refractivity contribution in [3.8, 4) is 11.5 Å². The molecule has 1 aromatic heterocycles. The van der Waals surface area contributed by atoms with E-state index in [4.69, 9.17) is 14.3 Å². The number of nitrogens with zero attached hydrogens (tertiary/aromatic N) is 4. The summed E-state index contributed by atoms with van der Waals surface area (Å²) in [5.41, 5.74) is 1.30. The van der Waals surface area contributed by atoms with Crippen molar-refractivity contribution >= 4 is 11.9 Å². The molecule has 1 fully saturated rings. The maximum absolute atomic E-state index is 13.3. The number of rotatable bonds is 13. The Kier molecular flexibility index (Phi) is 9.01. The summed E-state index contributed by atoms with van der Waals surface area (Å²) in [6.07, 6.45) is 5.56. The number of benzene rings is 1. The molecule has 3 heterocycles. The van der Waals surface area contributed by atoms with Gasteiger partial charge in [-0.3, -0.25) is 24.0 Å². The minimum atomic E-state index is -0.929. The Morgan fingerprint density at radius 1 is 1.24 bits per heavy atom. The molecule has 1 saturated heterocycles. The van der Waals surface area contributed by atoms with Crippen LogP contribution in [-0.4, -0.2) is 80.9 Å². The fourth-order valence-corrected chi connectivity index (χ4v) is 5.24. The van der Waals surface area contributed by atoms with Gasteiger partial charge in [0, 0.05) is 49.6 Å². The van der Waals surface area contributed by atoms with E-state index in [2.05, 4.69) is 5.10 Å². The number of aliphatic hydroxyl groups is 1. The molecule has 1 amide bonds. The summed E-state index contributed by atoms with van der Waals surface area (Å²) >= 11 is 0. The van der Waals surface area contributed by atoms with Crippen LogP contribution in [0.25, 0.3) is 0 Å². The number of aryl methyl sites for hydroxylation is 1. The first-order chi connectivity index (χ1) is 18.0. The van der Waals surface area contributed by atoms with Crippen LogP contribution in [0.3, 0.4) is 0 Å². The van der Waals surface area contributed by atoms with Crippen molar-refractivity contribution in [2.24, 2.45) is 5.92 Å². The third kappa shape index (κ3) is 6.06. The zero-order valence-electron chi connectivity index (χ0n) is 21.4. The van der Waals surface area contributed by atoms with E-state index in [0.29, 0.717) is 49.7 Å². The van der Waals surface area contributed by atoms with Crippen LogP contribution in [0, 0.1) is 5.92 Å². The minimum absolute atomic E-state index is 0.0468. The number of aliphatic carboxylic acids is 1. The first-order valence-corrected chi connectivity index (χ1v) is 12.9. The Labute approximate surface area is 216 Å². The third-order valence-electron chi connectivity index (χ3n) is 6.91. The van der Waals surface area contributed by atoms with Crippen LogP contribution in [0.15, 0.2) is 30.6 Å². The largest absolute Gasteiger partial charge is 0.481 e. The van der Waals surface area contributed by atoms with Gasteiger partial charge in [0.2, 0.25) is 6.79 Å². The molecule has 1 aromatic carbocycles. The first kappa shape index (κ1) is 26.9. The molecule has 37 heavy (non-hydrogen) atoms. The van der Waals surface area contributed by atoms with E-state index in [1.165, 1.54) is 5.06 Å². The van der Waals surface area contributed by atoms with Crippen LogP contribution in [0.4, 0.5) is 0 Å². The smallest absolute Gasteiger partial charge is 0.308 e. The van der Waals surface area contributed by atoms with Gasteiger partial charge in [-0.25, -0.2) is 5.06 Å². The molecule has 2 aliphatic rings. The van der Waals surface area contributed by atoms with Crippen molar-refractivity contribution in [2.75, 3.05) is 33.0 Å². The number of amides is 1. The van der Waals surface area contributed by atoms with Gasteiger partial charge in [0.15, 0.2) is 11.5 Å². The van der Waals surface area contributed by atoms with Crippen molar-refractivity contribution in [2.45, 2.75) is 58.2 Å². The Morgan fingerprint density at radius 3 is 2.76 bits per heavy atom. The monoisotopic (exact) mass is 516 g/mol. The Hall–Kier alpha value is -3.15. The number of hydroxylamine groups is 2. The van der Waals surface area contributed by atoms with Gasteiger partial charge >= 0.3 is 5.97 Å². The molecule has 0 radical (unpaired) electrons. The van der Waals surface area contributed by atoms with E-state index in [-0.39, 0.29) is 25.9 Å². The normalized spacial score (nSPS) is 20.9. The number of ether oxygens (including phenoxy) is 2. The number of hydrogen-bond donors (Lipinski definition) is 2. The lowest BCUT2D eigenvalue weighted by Gasteiger charge is -2.29. The zero-order chi connectivity index (χ0) is 26.4. The highest BCUT2D eigenvalue weighted by molar-refractivity contribution is 5.78. The van der Waals surface area contributed by atoms with E-state index in [0.717, 1.165) is 18.4 Å². The molecule has 0 aliphatic carbocycles. The van der Waals surface area contributed by atoms with Crippen LogP contribution in [0.2, 0.25) is 0 Å². The van der Waals surface area contributed by atoms with Crippen LogP contribution >= 0.6 is 0 Å². The molecular weight excluding hydrogens is 480 g/mol. The number of carbonyl (C=O) groups is 2. The fourth-order valence-electron chi connectivity index (χ4n) is 5.24. The number of aromatic nitrogens is 2. The second-order valence-electron chi connectivity index (χ2n) is 9.43. The summed E-state index contributed by atoms with van der Waals surface area (Å²) in [6, 6.07) is 5.00. The average Bonchev–Trinajstić information content (AvgIpc) is 3.64. The molecule has 0 bridgehead atoms. The minimum Gasteiger partial charge on any atom is -0.481 e. The van der Waals surface area contributed by atoms with Gasteiger partial charge in [-0.05, 0) is 43.0 Å². The highest BCUT2D eigenvalue weighted by Crippen LogP contribution is 2.44. The van der Waals surface area contributed by atoms with E-state index in [1.54, 1.807) is 23.0 Å². The summed E-state index contributed by atoms with van der Waals surface area (Å²) in [4.78, 5) is 33.6. The zero-order valence-corrected chi connectivity index (χ0v) is 21.4. The number of aliphatic hydroxyl groups excluding tert-OH is 1. The lowest BCUT2D eigenvalue weighted by molar-refractivity contribution is -0.188. The number of carbonyl (C=O) groups excluding carboxylic acids is 1. The second kappa shape index (κ2) is 12.4. The summed E-state index contributed by atoms with van der Waals surface area (Å²) in [5, 5.41) is 25.9. The molecule has 3 atom stereocenters. The van der Waals surface area contributed by atoms with Crippen LogP contribution in [0.1, 0.15) is 50.2 Å². The molecule has 0 unspecified atom stereocenters. The van der Waals surface area contributed by atoms with Gasteiger partial charge in [0.1, 0.15) is 0 Å². The van der Waals surface area contributed by atoms with Crippen LogP contribution in [-0.2, 0) is 27.6 Å². The maximum atomic E-state index is 13.3. The average molecular weight is 517 g/mol. The molecular formula is C26H36N4O7. The van der Waals surface area contributed by atoms with Gasteiger partial charge in [0.05, 0.1) is 25.7 Å². The number of hydrogen-bond acceptors (Lipinski definition) is 8. The number of likely N-dealkylation sites (tertiary alicyclic amines) is 1. The number of fused-ring (bicyclic) bond motifs is 1. The SMILES string of the molecule is CCCON(CCC)C(=O)CN1C[C@H](c2cc(CO)c3c(c2)OCO3)[C@@H](C(=O)O)[C@@H]1CCn1cccn1. The predicted molar refractivity (Wildman–Crippen MR) is 133 cm³/mol. The standard InChI is InChI=1S/C26H36N4O7/c1-3-8-30(37-11-4-2)23(32)15-28-14-20(18-12-19(16-31)25-22(13-18)35-17-36-25)24(26(33)34)21(28)6-10-29-9-5-7-27-29/h5,7,9,12-13,20-21,24,31H,3-4,6,8,10-11,14-17H2,1-2H3,(H,33,34)/t20-,21+,24-/m1/s1. The molecule has 2 aliphatic heterocycles. The van der Waals surface area contributed by atoms with Crippen molar-refractivity contribution < 1.29 is 34.1 Å². The summed E-state index contributed by atoms with van der Waals surface area (Å²) in [7, 11) is 0. The molecule has 2 N–H and O–H groups in total. The highest BCUT2D eigenvalue weighted by Gasteiger charge is 2.47. The first-order valence-electron chi connectivity index (χ1n) is 12.9.